The van der Waals surface area contributed by atoms with Gasteiger partial charge in [-0.25, -0.2) is 18.0 Å². The smallest absolute Gasteiger partial charge is 0.317 e. The van der Waals surface area contributed by atoms with Crippen molar-refractivity contribution >= 4 is 11.8 Å². The fourth-order valence-corrected chi connectivity index (χ4v) is 3.81. The number of carbonyl (C=O) groups excluding carboxylic acids is 1. The van der Waals surface area contributed by atoms with E-state index in [0.717, 1.165) is 31.6 Å². The number of urea groups is 1. The van der Waals surface area contributed by atoms with Gasteiger partial charge < -0.3 is 15.4 Å². The van der Waals surface area contributed by atoms with Crippen molar-refractivity contribution in [2.45, 2.75) is 12.3 Å². The second-order valence-electron chi connectivity index (χ2n) is 7.96. The Morgan fingerprint density at radius 1 is 1.15 bits per heavy atom. The van der Waals surface area contributed by atoms with Gasteiger partial charge >= 0.3 is 6.03 Å². The maximum Gasteiger partial charge on any atom is 0.317 e. The molecule has 1 saturated heterocycles. The monoisotopic (exact) mass is 475 g/mol. The number of methoxy groups -OCH3 is 1. The first-order chi connectivity index (χ1) is 16.3. The van der Waals surface area contributed by atoms with Gasteiger partial charge in [-0.15, -0.1) is 0 Å². The topological polar surface area (TPSA) is 85.4 Å². The first kappa shape index (κ1) is 25.3. The summed E-state index contributed by atoms with van der Waals surface area (Å²) in [6, 6.07) is 11.4. The molecule has 1 aliphatic rings. The first-order valence-electron chi connectivity index (χ1n) is 10.8. The van der Waals surface area contributed by atoms with Crippen molar-refractivity contribution in [1.82, 2.24) is 14.7 Å². The molecule has 0 bridgehead atoms. The average Bonchev–Trinajstić information content (AvgIpc) is 3.41. The molecular formula is C24H28F3N5O2. The number of rotatable bonds is 6. The summed E-state index contributed by atoms with van der Waals surface area (Å²) < 4.78 is 45.9. The molecule has 10 heteroatoms. The highest BCUT2D eigenvalue weighted by Crippen LogP contribution is 2.28. The van der Waals surface area contributed by atoms with Gasteiger partial charge in [0.1, 0.15) is 11.6 Å². The number of nitrogens with two attached hydrogens (primary N) is 1. The lowest BCUT2D eigenvalue weighted by molar-refractivity contribution is 0.160. The number of halogens is 3. The molecule has 0 aliphatic carbocycles. The number of hydrogen-bond donors (Lipinski definition) is 2. The van der Waals surface area contributed by atoms with E-state index < -0.39 is 17.7 Å². The fraction of sp³-hybridized carbons (Fsp3) is 0.333. The van der Waals surface area contributed by atoms with Crippen LogP contribution in [0.15, 0.2) is 48.5 Å². The average molecular weight is 476 g/mol. The number of hydrogen-bond acceptors (Lipinski definition) is 4. The van der Waals surface area contributed by atoms with Crippen LogP contribution < -0.4 is 11.1 Å². The summed E-state index contributed by atoms with van der Waals surface area (Å²) in [5.74, 6) is -1.17. The minimum atomic E-state index is -0.775. The maximum atomic E-state index is 13.5. The van der Waals surface area contributed by atoms with Gasteiger partial charge in [-0.2, -0.15) is 5.10 Å². The second-order valence-corrected chi connectivity index (χ2v) is 7.96. The number of benzene rings is 2. The standard InChI is InChI=1S/C13H17F2NO.C11H11FN4O/c1-17-7-6-16-5-4-11(9-16)10-2-3-12(14)13(15)8-10;1-16-10(14-11(13)17)6-9(15-16)7-4-2-3-5-8(7)12/h2-3,8,11H,4-7,9H2,1H3;2-6H,1H3,(H3,13,14,17). The summed E-state index contributed by atoms with van der Waals surface area (Å²) in [7, 11) is 3.32. The molecule has 2 amide bonds. The van der Waals surface area contributed by atoms with Gasteiger partial charge in [0, 0.05) is 38.9 Å². The number of ether oxygens (including phenoxy) is 1. The summed E-state index contributed by atoms with van der Waals surface area (Å²) in [6.45, 7) is 3.50. The van der Waals surface area contributed by atoms with Crippen molar-refractivity contribution in [3.05, 3.63) is 71.5 Å². The molecule has 1 aromatic heterocycles. The predicted molar refractivity (Wildman–Crippen MR) is 124 cm³/mol. The van der Waals surface area contributed by atoms with Crippen molar-refractivity contribution in [2.75, 3.05) is 38.7 Å². The lowest BCUT2D eigenvalue weighted by Crippen LogP contribution is -2.24. The largest absolute Gasteiger partial charge is 0.383 e. The minimum absolute atomic E-state index is 0.307. The molecule has 1 unspecified atom stereocenters. The zero-order chi connectivity index (χ0) is 24.7. The van der Waals surface area contributed by atoms with Gasteiger partial charge in [0.05, 0.1) is 12.3 Å². The highest BCUT2D eigenvalue weighted by atomic mass is 19.2. The second kappa shape index (κ2) is 11.7. The van der Waals surface area contributed by atoms with Gasteiger partial charge in [-0.1, -0.05) is 18.2 Å². The Labute approximate surface area is 196 Å². The van der Waals surface area contributed by atoms with Crippen LogP contribution in [0.1, 0.15) is 17.9 Å². The number of carbonyl (C=O) groups is 1. The number of aryl methyl sites for hydroxylation is 1. The summed E-state index contributed by atoms with van der Waals surface area (Å²) in [4.78, 5) is 13.0. The molecule has 4 rings (SSSR count). The van der Waals surface area contributed by atoms with E-state index in [2.05, 4.69) is 15.3 Å². The molecule has 0 radical (unpaired) electrons. The minimum Gasteiger partial charge on any atom is -0.383 e. The van der Waals surface area contributed by atoms with Gasteiger partial charge in [-0.3, -0.25) is 10.00 Å². The third kappa shape index (κ3) is 6.58. The van der Waals surface area contributed by atoms with E-state index in [9.17, 15) is 18.0 Å². The van der Waals surface area contributed by atoms with E-state index in [4.69, 9.17) is 10.5 Å². The number of nitrogens with one attached hydrogen (secondary N) is 1. The normalized spacial score (nSPS) is 15.6. The third-order valence-corrected chi connectivity index (χ3v) is 5.58. The lowest BCUT2D eigenvalue weighted by atomic mass is 9.98. The van der Waals surface area contributed by atoms with Gasteiger partial charge in [0.2, 0.25) is 0 Å². The molecule has 2 heterocycles. The van der Waals surface area contributed by atoms with Crippen LogP contribution in [0.2, 0.25) is 0 Å². The van der Waals surface area contributed by atoms with Crippen LogP contribution in [0.3, 0.4) is 0 Å². The fourth-order valence-electron chi connectivity index (χ4n) is 3.81. The van der Waals surface area contributed by atoms with E-state index in [-0.39, 0.29) is 5.82 Å². The van der Waals surface area contributed by atoms with Gasteiger partial charge in [0.15, 0.2) is 11.6 Å². The Morgan fingerprint density at radius 2 is 1.91 bits per heavy atom. The zero-order valence-electron chi connectivity index (χ0n) is 19.1. The molecule has 2 aromatic carbocycles. The maximum absolute atomic E-state index is 13.5. The summed E-state index contributed by atoms with van der Waals surface area (Å²) in [5.41, 5.74) is 6.71. The molecule has 1 fully saturated rings. The van der Waals surface area contributed by atoms with Crippen molar-refractivity contribution < 1.29 is 22.7 Å². The Bertz CT molecular complexity index is 1120. The first-order valence-corrected chi connectivity index (χ1v) is 10.8. The van der Waals surface area contributed by atoms with E-state index in [1.54, 1.807) is 44.5 Å². The molecule has 34 heavy (non-hydrogen) atoms. The van der Waals surface area contributed by atoms with Crippen molar-refractivity contribution in [2.24, 2.45) is 12.8 Å². The Hall–Kier alpha value is -3.37. The molecule has 3 N–H and O–H groups in total. The van der Waals surface area contributed by atoms with Crippen molar-refractivity contribution in [3.8, 4) is 11.3 Å². The highest BCUT2D eigenvalue weighted by molar-refractivity contribution is 5.87. The summed E-state index contributed by atoms with van der Waals surface area (Å²) >= 11 is 0. The zero-order valence-corrected chi connectivity index (χ0v) is 19.1. The Morgan fingerprint density at radius 3 is 2.59 bits per heavy atom. The molecular weight excluding hydrogens is 447 g/mol. The molecule has 7 nitrogen and oxygen atoms in total. The predicted octanol–water partition coefficient (Wildman–Crippen LogP) is 4.12. The van der Waals surface area contributed by atoms with Crippen LogP contribution >= 0.6 is 0 Å². The number of primary amides is 1. The van der Waals surface area contributed by atoms with E-state index in [0.29, 0.717) is 29.6 Å². The van der Waals surface area contributed by atoms with Crippen LogP contribution in [0.4, 0.5) is 23.8 Å². The molecule has 1 atom stereocenters. The molecule has 3 aromatic rings. The van der Waals surface area contributed by atoms with Crippen LogP contribution in [0.5, 0.6) is 0 Å². The Balaban J connectivity index is 0.000000191. The Kier molecular flexibility index (Phi) is 8.67. The van der Waals surface area contributed by atoms with Crippen molar-refractivity contribution in [1.29, 1.82) is 0 Å². The van der Waals surface area contributed by atoms with Crippen LogP contribution in [0, 0.1) is 17.5 Å². The van der Waals surface area contributed by atoms with Gasteiger partial charge in [-0.05, 0) is 48.7 Å². The number of anilines is 1. The van der Waals surface area contributed by atoms with E-state index >= 15 is 0 Å². The van der Waals surface area contributed by atoms with Crippen LogP contribution in [-0.2, 0) is 11.8 Å². The molecule has 182 valence electrons. The molecule has 0 spiro atoms. The quantitative estimate of drug-likeness (QED) is 0.562. The van der Waals surface area contributed by atoms with E-state index in [1.807, 2.05) is 0 Å². The van der Waals surface area contributed by atoms with Crippen LogP contribution in [0.25, 0.3) is 11.3 Å². The summed E-state index contributed by atoms with van der Waals surface area (Å²) in [5, 5.41) is 6.50. The lowest BCUT2D eigenvalue weighted by Gasteiger charge is -2.15. The molecule has 1 aliphatic heterocycles. The SMILES string of the molecule is COCCN1CCC(c2ccc(F)c(F)c2)C1.Cn1nc(-c2ccccc2F)cc1NC(N)=O. The number of amides is 2. The number of aromatic nitrogens is 2. The summed E-state index contributed by atoms with van der Waals surface area (Å²) in [6.07, 6.45) is 0.995. The highest BCUT2D eigenvalue weighted by Gasteiger charge is 2.24. The third-order valence-electron chi connectivity index (χ3n) is 5.58. The van der Waals surface area contributed by atoms with Gasteiger partial charge in [0.25, 0.3) is 0 Å². The van der Waals surface area contributed by atoms with Crippen LogP contribution in [-0.4, -0.2) is 54.1 Å². The van der Waals surface area contributed by atoms with E-state index in [1.165, 1.54) is 22.9 Å². The number of likely N-dealkylation sites (tertiary alicyclic amines) is 1. The molecule has 0 saturated carbocycles. The van der Waals surface area contributed by atoms with Crippen molar-refractivity contribution in [3.63, 3.8) is 0 Å². The number of nitrogens with zero attached hydrogens (tertiary/aromatic N) is 3.